The molecule has 3 N–H and O–H groups in total. The number of aromatic nitrogens is 2. The van der Waals surface area contributed by atoms with E-state index in [2.05, 4.69) is 45.8 Å². The molecular weight excluding hydrogens is 401 g/mol. The summed E-state index contributed by atoms with van der Waals surface area (Å²) in [6, 6.07) is 8.23. The number of hydrogen-bond donors (Lipinski definition) is 2. The van der Waals surface area contributed by atoms with E-state index in [0.29, 0.717) is 11.9 Å². The number of nitrogens with two attached hydrogens (primary N) is 1. The molecule has 0 spiro atoms. The Balaban J connectivity index is 0.00000264. The van der Waals surface area contributed by atoms with Gasteiger partial charge in [-0.2, -0.15) is 0 Å². The molecule has 128 valence electrons. The van der Waals surface area contributed by atoms with E-state index in [1.807, 2.05) is 19.1 Å². The Bertz CT molecular complexity index is 633. The van der Waals surface area contributed by atoms with Gasteiger partial charge < -0.3 is 15.6 Å². The molecule has 23 heavy (non-hydrogen) atoms. The van der Waals surface area contributed by atoms with Gasteiger partial charge >= 0.3 is 0 Å². The summed E-state index contributed by atoms with van der Waals surface area (Å²) in [6.45, 7) is 8.98. The van der Waals surface area contributed by atoms with Gasteiger partial charge in [0.25, 0.3) is 0 Å². The van der Waals surface area contributed by atoms with Gasteiger partial charge in [-0.25, -0.2) is 4.98 Å². The van der Waals surface area contributed by atoms with E-state index in [1.165, 1.54) is 5.52 Å². The number of halogens is 1. The van der Waals surface area contributed by atoms with Crippen molar-refractivity contribution in [3.8, 4) is 0 Å². The molecule has 0 aliphatic heterocycles. The van der Waals surface area contributed by atoms with Gasteiger partial charge in [0, 0.05) is 19.6 Å². The maximum absolute atomic E-state index is 5.86. The Morgan fingerprint density at radius 1 is 1.35 bits per heavy atom. The first-order chi connectivity index (χ1) is 10.6. The normalized spacial score (nSPS) is 11.7. The Hall–Kier alpha value is -1.31. The molecular formula is C17H28IN5. The quantitative estimate of drug-likeness (QED) is 0.307. The van der Waals surface area contributed by atoms with Crippen molar-refractivity contribution in [2.75, 3.05) is 13.1 Å². The zero-order chi connectivity index (χ0) is 15.9. The van der Waals surface area contributed by atoms with Crippen LogP contribution in [0.5, 0.6) is 0 Å². The fourth-order valence-electron chi connectivity index (χ4n) is 2.45. The summed E-state index contributed by atoms with van der Waals surface area (Å²) in [6.07, 6.45) is 2.06. The third-order valence-corrected chi connectivity index (χ3v) is 3.70. The number of guanidine groups is 1. The predicted octanol–water partition coefficient (Wildman–Crippen LogP) is 3.30. The van der Waals surface area contributed by atoms with Gasteiger partial charge in [-0.05, 0) is 37.8 Å². The molecule has 0 saturated carbocycles. The summed E-state index contributed by atoms with van der Waals surface area (Å²) in [7, 11) is 0. The van der Waals surface area contributed by atoms with Gasteiger partial charge in [0.1, 0.15) is 5.82 Å². The van der Waals surface area contributed by atoms with Crippen LogP contribution >= 0.6 is 24.0 Å². The van der Waals surface area contributed by atoms with Crippen molar-refractivity contribution in [2.24, 2.45) is 16.6 Å². The lowest BCUT2D eigenvalue weighted by Gasteiger charge is -2.08. The summed E-state index contributed by atoms with van der Waals surface area (Å²) in [4.78, 5) is 8.95. The van der Waals surface area contributed by atoms with E-state index in [-0.39, 0.29) is 24.0 Å². The largest absolute Gasteiger partial charge is 0.370 e. The van der Waals surface area contributed by atoms with Crippen molar-refractivity contribution in [1.82, 2.24) is 14.9 Å². The van der Waals surface area contributed by atoms with E-state index in [1.54, 1.807) is 0 Å². The van der Waals surface area contributed by atoms with Gasteiger partial charge in [-0.15, -0.1) is 24.0 Å². The van der Waals surface area contributed by atoms with Crippen molar-refractivity contribution in [3.63, 3.8) is 0 Å². The molecule has 1 aromatic heterocycles. The highest BCUT2D eigenvalue weighted by Gasteiger charge is 2.05. The lowest BCUT2D eigenvalue weighted by atomic mass is 10.1. The first kappa shape index (κ1) is 19.7. The molecule has 6 heteroatoms. The Morgan fingerprint density at radius 2 is 2.09 bits per heavy atom. The molecule has 0 aliphatic rings. The fraction of sp³-hybridized carbons (Fsp3) is 0.529. The van der Waals surface area contributed by atoms with Crippen molar-refractivity contribution in [3.05, 3.63) is 30.1 Å². The van der Waals surface area contributed by atoms with Gasteiger partial charge in [0.05, 0.1) is 11.0 Å². The average molecular weight is 429 g/mol. The molecule has 0 aliphatic carbocycles. The van der Waals surface area contributed by atoms with Crippen LogP contribution in [0.4, 0.5) is 0 Å². The van der Waals surface area contributed by atoms with Crippen LogP contribution in [0.2, 0.25) is 0 Å². The monoisotopic (exact) mass is 429 g/mol. The highest BCUT2D eigenvalue weighted by Crippen LogP contribution is 2.15. The van der Waals surface area contributed by atoms with E-state index in [9.17, 15) is 0 Å². The highest BCUT2D eigenvalue weighted by molar-refractivity contribution is 14.0. The topological polar surface area (TPSA) is 68.2 Å². The standard InChI is InChI=1S/C17H27N5.HI/c1-13(2)9-11-20-17(18)19-10-6-12-22-14(3)21-15-7-4-5-8-16(15)22;/h4-5,7-8,13H,6,9-12H2,1-3H3,(H3,18,19,20);1H. The van der Waals surface area contributed by atoms with Crippen LogP contribution in [0, 0.1) is 12.8 Å². The second kappa shape index (κ2) is 9.75. The van der Waals surface area contributed by atoms with E-state index >= 15 is 0 Å². The number of nitrogens with zero attached hydrogens (tertiary/aromatic N) is 3. The molecule has 0 bridgehead atoms. The third kappa shape index (κ3) is 6.01. The van der Waals surface area contributed by atoms with Crippen LogP contribution in [-0.2, 0) is 6.54 Å². The molecule has 0 amide bonds. The minimum atomic E-state index is 0. The zero-order valence-electron chi connectivity index (χ0n) is 14.2. The Morgan fingerprint density at radius 3 is 2.83 bits per heavy atom. The lowest BCUT2D eigenvalue weighted by molar-refractivity contribution is 0.576. The van der Waals surface area contributed by atoms with Gasteiger partial charge in [0.15, 0.2) is 5.96 Å². The SMILES string of the molecule is Cc1nc2ccccc2n1CCCN=C(N)NCCC(C)C.I. The number of rotatable bonds is 7. The average Bonchev–Trinajstić information content (AvgIpc) is 2.79. The van der Waals surface area contributed by atoms with Crippen molar-refractivity contribution in [2.45, 2.75) is 40.2 Å². The smallest absolute Gasteiger partial charge is 0.188 e. The number of fused-ring (bicyclic) bond motifs is 1. The molecule has 1 aromatic carbocycles. The van der Waals surface area contributed by atoms with Crippen molar-refractivity contribution < 1.29 is 0 Å². The third-order valence-electron chi connectivity index (χ3n) is 3.70. The van der Waals surface area contributed by atoms with Crippen LogP contribution in [0.3, 0.4) is 0 Å². The van der Waals surface area contributed by atoms with E-state index in [0.717, 1.165) is 43.8 Å². The van der Waals surface area contributed by atoms with Crippen molar-refractivity contribution in [1.29, 1.82) is 0 Å². The molecule has 0 unspecified atom stereocenters. The minimum absolute atomic E-state index is 0. The molecule has 2 aromatic rings. The van der Waals surface area contributed by atoms with Crippen LogP contribution in [0.15, 0.2) is 29.3 Å². The van der Waals surface area contributed by atoms with Gasteiger partial charge in [0.2, 0.25) is 0 Å². The number of benzene rings is 1. The number of para-hydroxylation sites is 2. The molecule has 0 radical (unpaired) electrons. The second-order valence-corrected chi connectivity index (χ2v) is 6.03. The number of hydrogen-bond acceptors (Lipinski definition) is 2. The maximum atomic E-state index is 5.86. The van der Waals surface area contributed by atoms with Crippen LogP contribution in [0.1, 0.15) is 32.5 Å². The minimum Gasteiger partial charge on any atom is -0.370 e. The second-order valence-electron chi connectivity index (χ2n) is 6.03. The van der Waals surface area contributed by atoms with E-state index in [4.69, 9.17) is 5.73 Å². The van der Waals surface area contributed by atoms with Gasteiger partial charge in [-0.1, -0.05) is 26.0 Å². The summed E-state index contributed by atoms with van der Waals surface area (Å²) in [5.74, 6) is 2.28. The summed E-state index contributed by atoms with van der Waals surface area (Å²) >= 11 is 0. The molecule has 0 saturated heterocycles. The summed E-state index contributed by atoms with van der Waals surface area (Å²) < 4.78 is 2.24. The Kier molecular flexibility index (Phi) is 8.36. The zero-order valence-corrected chi connectivity index (χ0v) is 16.6. The number of aliphatic imine (C=N–C) groups is 1. The molecule has 1 heterocycles. The van der Waals surface area contributed by atoms with Crippen molar-refractivity contribution >= 4 is 41.0 Å². The highest BCUT2D eigenvalue weighted by atomic mass is 127. The molecule has 0 atom stereocenters. The lowest BCUT2D eigenvalue weighted by Crippen LogP contribution is -2.33. The predicted molar refractivity (Wildman–Crippen MR) is 108 cm³/mol. The van der Waals surface area contributed by atoms with Crippen LogP contribution in [-0.4, -0.2) is 28.6 Å². The number of aryl methyl sites for hydroxylation is 2. The molecule has 0 fully saturated rings. The van der Waals surface area contributed by atoms with Crippen LogP contribution in [0.25, 0.3) is 11.0 Å². The first-order valence-corrected chi connectivity index (χ1v) is 8.03. The first-order valence-electron chi connectivity index (χ1n) is 8.03. The molecule has 2 rings (SSSR count). The van der Waals surface area contributed by atoms with E-state index < -0.39 is 0 Å². The summed E-state index contributed by atoms with van der Waals surface area (Å²) in [5, 5.41) is 3.16. The van der Waals surface area contributed by atoms with Gasteiger partial charge in [-0.3, -0.25) is 4.99 Å². The summed E-state index contributed by atoms with van der Waals surface area (Å²) in [5.41, 5.74) is 8.10. The number of imidazole rings is 1. The fourth-order valence-corrected chi connectivity index (χ4v) is 2.45. The maximum Gasteiger partial charge on any atom is 0.188 e. The number of nitrogens with one attached hydrogen (secondary N) is 1. The molecule has 5 nitrogen and oxygen atoms in total. The Labute approximate surface area is 155 Å². The van der Waals surface area contributed by atoms with Crippen LogP contribution < -0.4 is 11.1 Å².